The van der Waals surface area contributed by atoms with E-state index in [1.165, 1.54) is 259 Å². The molecule has 0 aromatic heterocycles. The van der Waals surface area contributed by atoms with Crippen molar-refractivity contribution in [2.45, 2.75) is 22.9 Å². The molecule has 4 unspecified atom stereocenters. The zero-order valence-electron chi connectivity index (χ0n) is 36.4. The molecule has 27 aromatic rings. The molecule has 3 N–H and O–H groups in total. The third kappa shape index (κ3) is 1.49. The van der Waals surface area contributed by atoms with E-state index in [-0.39, 0.29) is 0 Å². The highest BCUT2D eigenvalue weighted by atomic mass is 16.4. The molecule has 7 heteroatoms. The molecule has 73 heavy (non-hydrogen) atoms. The summed E-state index contributed by atoms with van der Waals surface area (Å²) in [6.45, 7) is -0.708. The summed E-state index contributed by atoms with van der Waals surface area (Å²) in [4.78, 5) is 46.6. The quantitative estimate of drug-likeness (QED) is 0.151. The fourth-order valence-electron chi connectivity index (χ4n) is 25.8. The second kappa shape index (κ2) is 6.26. The van der Waals surface area contributed by atoms with Crippen LogP contribution in [0.4, 0.5) is 0 Å². The van der Waals surface area contributed by atoms with E-state index in [0.717, 1.165) is 54.9 Å². The highest BCUT2D eigenvalue weighted by Crippen LogP contribution is 2.85. The van der Waals surface area contributed by atoms with E-state index in [4.69, 9.17) is 0 Å². The molecule has 312 valence electrons. The number of hydrogen-bond donors (Lipinski definition) is 3. The van der Waals surface area contributed by atoms with Gasteiger partial charge in [-0.2, -0.15) is 0 Å². The van der Waals surface area contributed by atoms with Gasteiger partial charge in [0.2, 0.25) is 0 Å². The lowest BCUT2D eigenvalue weighted by Gasteiger charge is -2.47. The molecule has 0 fully saturated rings. The maximum absolute atomic E-state index is 15.6. The van der Waals surface area contributed by atoms with Gasteiger partial charge in [0.15, 0.2) is 0 Å². The van der Waals surface area contributed by atoms with Gasteiger partial charge in [-0.3, -0.25) is 19.3 Å². The van der Waals surface area contributed by atoms with Crippen molar-refractivity contribution in [3.8, 4) is 0 Å². The summed E-state index contributed by atoms with van der Waals surface area (Å²) >= 11 is 0. The minimum atomic E-state index is -1.52. The third-order valence-electron chi connectivity index (χ3n) is 25.6. The number of aliphatic carboxylic acids is 3. The molecule has 27 aromatic carbocycles. The zero-order chi connectivity index (χ0) is 44.7. The standard InChI is InChI=1S/C66H7NO6/c68-2(69)1-67-61(63(70)71)65-55-47-38-31-18-11-5-6-8-4-3-7(5)16(18)22-20-9(3)13-10(4)21-23-17(8)19-12(6)15-14(11)25-33-26(15)35-32(19)39-37(23)41-28(21)30-24(13)29-27(20)40(36(22)38)51(55)53-42(29)43(30)54-52(41)56-48(39)45(35)50-46(33)49(44(47)34(25)31)57(65)58(50)66(56,60(54)59(53)65)62(67)64(72)73/h61-62H,1H2,(H,68,69)(H,70,71)(H,72,73). The van der Waals surface area contributed by atoms with Gasteiger partial charge in [0, 0.05) is 0 Å². The van der Waals surface area contributed by atoms with Crippen molar-refractivity contribution in [2.75, 3.05) is 6.54 Å². The molecule has 0 amide bonds. The molecule has 5 aliphatic carbocycles. The van der Waals surface area contributed by atoms with Crippen LogP contribution in [0.1, 0.15) is 33.4 Å². The molecule has 7 nitrogen and oxygen atoms in total. The highest BCUT2D eigenvalue weighted by Gasteiger charge is 2.76. The van der Waals surface area contributed by atoms with Gasteiger partial charge in [-0.1, -0.05) is 0 Å². The van der Waals surface area contributed by atoms with Crippen LogP contribution in [0, 0.1) is 0 Å². The van der Waals surface area contributed by atoms with Gasteiger partial charge in [0.25, 0.3) is 0 Å². The highest BCUT2D eigenvalue weighted by molar-refractivity contribution is 6.81. The lowest BCUT2D eigenvalue weighted by atomic mass is 9.52. The summed E-state index contributed by atoms with van der Waals surface area (Å²) in [5.41, 5.74) is 3.31. The largest absolute Gasteiger partial charge is 0.480 e. The van der Waals surface area contributed by atoms with Gasteiger partial charge in [0.05, 0.1) is 17.4 Å². The Labute approximate surface area is 393 Å². The first kappa shape index (κ1) is 28.0. The summed E-state index contributed by atoms with van der Waals surface area (Å²) < 4.78 is 0. The van der Waals surface area contributed by atoms with Gasteiger partial charge in [-0.15, -0.1) is 0 Å². The van der Waals surface area contributed by atoms with Crippen LogP contribution < -0.4 is 0 Å². The Morgan fingerprint density at radius 3 is 0.562 bits per heavy atom. The molecule has 34 rings (SSSR count). The fourth-order valence-corrected chi connectivity index (χ4v) is 25.8. The Morgan fingerprint density at radius 2 is 0.384 bits per heavy atom. The number of nitrogens with zero attached hydrogens (tertiary/aromatic N) is 1. The van der Waals surface area contributed by atoms with Crippen molar-refractivity contribution < 1.29 is 29.7 Å². The molecule has 2 aliphatic heterocycles. The Balaban J connectivity index is 1.19. The molecule has 2 spiro atoms. The SMILES string of the molecule is O=C(O)CN1C(C(=O)O)C23c4c5c6c7c8c9c%10c%11c(c2c2c%12c3c3c%13c4c6c4c6c%13c%13c3c3c%12c%12c%14c2c%11c2c%11c%10c%10c8c8c7c4c4c6c6c%13c7c3c%12c3c(c%142)c2c%11c%10c%10c8c4c4c%10c2c3c7c64)C59C1C(=O)O. The van der Waals surface area contributed by atoms with Crippen LogP contribution in [-0.2, 0) is 25.2 Å². The molecular weight excluding hydrogens is 903 g/mol. The smallest absolute Gasteiger partial charge is 0.322 e. The van der Waals surface area contributed by atoms with Crippen LogP contribution in [0.3, 0.4) is 0 Å². The van der Waals surface area contributed by atoms with Crippen LogP contribution in [0.25, 0.3) is 280 Å². The maximum atomic E-state index is 15.6. The average molecular weight is 910 g/mol. The van der Waals surface area contributed by atoms with Crippen LogP contribution in [-0.4, -0.2) is 56.8 Å². The minimum absolute atomic E-state index is 0.708. The Hall–Kier alpha value is -9.17. The van der Waals surface area contributed by atoms with Crippen molar-refractivity contribution in [1.82, 2.24) is 4.90 Å². The number of benzene rings is 17. The van der Waals surface area contributed by atoms with Crippen LogP contribution in [0.15, 0.2) is 0 Å². The Morgan fingerprint density at radius 1 is 0.247 bits per heavy atom. The molecule has 0 radical (unpaired) electrons. The van der Waals surface area contributed by atoms with Crippen molar-refractivity contribution in [1.29, 1.82) is 0 Å². The number of hydrogen-bond acceptors (Lipinski definition) is 4. The van der Waals surface area contributed by atoms with Crippen LogP contribution >= 0.6 is 0 Å². The van der Waals surface area contributed by atoms with Crippen molar-refractivity contribution in [3.63, 3.8) is 0 Å². The van der Waals surface area contributed by atoms with Gasteiger partial charge >= 0.3 is 17.9 Å². The molecule has 0 saturated heterocycles. The van der Waals surface area contributed by atoms with Crippen molar-refractivity contribution >= 4 is 298 Å². The number of carbonyl (C=O) groups is 3. The van der Waals surface area contributed by atoms with Gasteiger partial charge in [-0.25, -0.2) is 0 Å². The first-order valence-corrected chi connectivity index (χ1v) is 26.1. The molecule has 0 saturated carbocycles. The zero-order valence-corrected chi connectivity index (χ0v) is 36.4. The average Bonchev–Trinajstić information content (AvgIpc) is 4.10. The summed E-state index contributed by atoms with van der Waals surface area (Å²) in [6.07, 6.45) is 0. The Bertz CT molecular complexity index is 7130. The topological polar surface area (TPSA) is 115 Å². The van der Waals surface area contributed by atoms with Gasteiger partial charge in [0.1, 0.15) is 12.1 Å². The lowest BCUT2D eigenvalue weighted by Crippen LogP contribution is -2.61. The first-order chi connectivity index (χ1) is 35.9. The second-order valence-electron chi connectivity index (χ2n) is 25.9. The molecule has 4 atom stereocenters. The second-order valence-corrected chi connectivity index (χ2v) is 25.9. The summed E-state index contributed by atoms with van der Waals surface area (Å²) in [5.74, 6) is -3.50. The lowest BCUT2D eigenvalue weighted by molar-refractivity contribution is -0.155. The van der Waals surface area contributed by atoms with E-state index in [1.807, 2.05) is 0 Å². The molecular formula is C66H7NO6. The van der Waals surface area contributed by atoms with E-state index < -0.39 is 47.4 Å². The molecule has 2 heterocycles. The van der Waals surface area contributed by atoms with E-state index >= 15 is 9.59 Å². The maximum Gasteiger partial charge on any atom is 0.322 e. The fraction of sp³-hybridized carbons (Fsp3) is 0.0758. The monoisotopic (exact) mass is 909 g/mol. The first-order valence-electron chi connectivity index (χ1n) is 26.1. The summed E-state index contributed by atoms with van der Waals surface area (Å²) in [6, 6.07) is -3.04. The predicted molar refractivity (Wildman–Crippen MR) is 289 cm³/mol. The van der Waals surface area contributed by atoms with Gasteiger partial charge in [-0.05, 0) is 313 Å². The number of carboxylic acids is 3. The Kier molecular flexibility index (Phi) is 2.40. The van der Waals surface area contributed by atoms with Crippen LogP contribution in [0.2, 0.25) is 0 Å². The van der Waals surface area contributed by atoms with E-state index in [1.54, 1.807) is 4.90 Å². The number of carboxylic acid groups (broad SMARTS) is 3. The van der Waals surface area contributed by atoms with E-state index in [9.17, 15) is 20.1 Å². The normalized spacial score (nSPS) is 24.3. The summed E-state index contributed by atoms with van der Waals surface area (Å²) in [7, 11) is 0. The number of rotatable bonds is 4. The minimum Gasteiger partial charge on any atom is -0.480 e. The van der Waals surface area contributed by atoms with Crippen molar-refractivity contribution in [3.05, 3.63) is 33.4 Å². The van der Waals surface area contributed by atoms with Crippen LogP contribution in [0.5, 0.6) is 0 Å². The molecule has 2 bridgehead atoms. The van der Waals surface area contributed by atoms with E-state index in [2.05, 4.69) is 0 Å². The van der Waals surface area contributed by atoms with Crippen molar-refractivity contribution in [2.24, 2.45) is 0 Å². The van der Waals surface area contributed by atoms with Gasteiger partial charge < -0.3 is 15.3 Å². The summed E-state index contributed by atoms with van der Waals surface area (Å²) in [5, 5.41) is 107. The predicted octanol–water partition coefficient (Wildman–Crippen LogP) is 14.3. The third-order valence-corrected chi connectivity index (χ3v) is 25.6. The molecule has 7 aliphatic rings. The van der Waals surface area contributed by atoms with E-state index in [0.29, 0.717) is 0 Å². The number of fused-ring (bicyclic) bond motifs is 2.